The van der Waals surface area contributed by atoms with E-state index in [0.29, 0.717) is 21.5 Å². The second-order valence-electron chi connectivity index (χ2n) is 3.71. The molecule has 1 nitrogen and oxygen atoms in total. The Morgan fingerprint density at radius 1 is 1.11 bits per heavy atom. The molecule has 2 aromatic carbocycles. The molecule has 0 fully saturated rings. The summed E-state index contributed by atoms with van der Waals surface area (Å²) < 4.78 is 12.9. The average molecular weight is 302 g/mol. The Bertz CT molecular complexity index is 523. The van der Waals surface area contributed by atoms with Gasteiger partial charge in [0.15, 0.2) is 0 Å². The van der Waals surface area contributed by atoms with Crippen molar-refractivity contribution in [2.75, 3.05) is 5.73 Å². The van der Waals surface area contributed by atoms with Crippen molar-refractivity contribution in [2.45, 2.75) is 10.6 Å². The number of hydrogen-bond acceptors (Lipinski definition) is 2. The van der Waals surface area contributed by atoms with Crippen molar-refractivity contribution in [1.82, 2.24) is 0 Å². The van der Waals surface area contributed by atoms with Crippen LogP contribution in [0, 0.1) is 5.82 Å². The number of benzene rings is 2. The van der Waals surface area contributed by atoms with Crippen molar-refractivity contribution < 1.29 is 4.39 Å². The lowest BCUT2D eigenvalue weighted by Gasteiger charge is -2.07. The van der Waals surface area contributed by atoms with Crippen LogP contribution in [0.2, 0.25) is 10.0 Å². The van der Waals surface area contributed by atoms with Crippen LogP contribution >= 0.6 is 35.0 Å². The molecule has 0 aliphatic carbocycles. The largest absolute Gasteiger partial charge is 0.398 e. The van der Waals surface area contributed by atoms with Gasteiger partial charge in [0.05, 0.1) is 0 Å². The molecule has 0 radical (unpaired) electrons. The van der Waals surface area contributed by atoms with Gasteiger partial charge in [-0.1, -0.05) is 29.3 Å². The molecule has 0 atom stereocenters. The van der Waals surface area contributed by atoms with E-state index in [9.17, 15) is 4.39 Å². The third-order valence-corrected chi connectivity index (χ3v) is 4.10. The van der Waals surface area contributed by atoms with E-state index in [0.717, 1.165) is 10.5 Å². The molecule has 2 aromatic rings. The first-order chi connectivity index (χ1) is 8.56. The first-order valence-electron chi connectivity index (χ1n) is 5.18. The SMILES string of the molecule is Nc1cc(F)ccc1SCc1ccc(Cl)cc1Cl. The molecule has 0 unspecified atom stereocenters. The van der Waals surface area contributed by atoms with Crippen LogP contribution in [0.1, 0.15) is 5.56 Å². The standard InChI is InChI=1S/C13H10Cl2FNS/c14-9-2-1-8(11(15)5-9)7-18-13-4-3-10(16)6-12(13)17/h1-6H,7,17H2. The fourth-order valence-electron chi connectivity index (χ4n) is 1.45. The predicted molar refractivity (Wildman–Crippen MR) is 76.8 cm³/mol. The molecular formula is C13H10Cl2FNS. The summed E-state index contributed by atoms with van der Waals surface area (Å²) in [7, 11) is 0. The molecule has 0 aliphatic heterocycles. The van der Waals surface area contributed by atoms with Gasteiger partial charge in [0.25, 0.3) is 0 Å². The predicted octanol–water partition coefficient (Wildman–Crippen LogP) is 5.01. The molecule has 94 valence electrons. The summed E-state index contributed by atoms with van der Waals surface area (Å²) in [5.41, 5.74) is 7.14. The molecule has 0 heterocycles. The molecule has 0 amide bonds. The summed E-state index contributed by atoms with van der Waals surface area (Å²) >= 11 is 13.4. The summed E-state index contributed by atoms with van der Waals surface area (Å²) in [4.78, 5) is 0.836. The molecule has 0 bridgehead atoms. The molecule has 0 saturated carbocycles. The highest BCUT2D eigenvalue weighted by Gasteiger charge is 2.05. The van der Waals surface area contributed by atoms with E-state index >= 15 is 0 Å². The van der Waals surface area contributed by atoms with Gasteiger partial charge in [-0.15, -0.1) is 11.8 Å². The van der Waals surface area contributed by atoms with Gasteiger partial charge in [0, 0.05) is 26.4 Å². The number of anilines is 1. The van der Waals surface area contributed by atoms with Crippen molar-refractivity contribution in [3.8, 4) is 0 Å². The van der Waals surface area contributed by atoms with E-state index in [1.54, 1.807) is 18.2 Å². The third kappa shape index (κ3) is 3.31. The number of thioether (sulfide) groups is 1. The molecule has 0 aliphatic rings. The second-order valence-corrected chi connectivity index (χ2v) is 5.57. The van der Waals surface area contributed by atoms with Crippen molar-refractivity contribution in [1.29, 1.82) is 0 Å². The topological polar surface area (TPSA) is 26.0 Å². The molecule has 0 spiro atoms. The molecule has 5 heteroatoms. The summed E-state index contributed by atoms with van der Waals surface area (Å²) in [5, 5.41) is 1.23. The van der Waals surface area contributed by atoms with Gasteiger partial charge >= 0.3 is 0 Å². The van der Waals surface area contributed by atoms with E-state index in [1.807, 2.05) is 6.07 Å². The number of hydrogen-bond donors (Lipinski definition) is 1. The van der Waals surface area contributed by atoms with Crippen molar-refractivity contribution in [3.05, 3.63) is 57.8 Å². The van der Waals surface area contributed by atoms with Gasteiger partial charge in [0.2, 0.25) is 0 Å². The van der Waals surface area contributed by atoms with Crippen molar-refractivity contribution in [3.63, 3.8) is 0 Å². The van der Waals surface area contributed by atoms with Crippen LogP contribution in [0.15, 0.2) is 41.3 Å². The lowest BCUT2D eigenvalue weighted by Crippen LogP contribution is -1.90. The second kappa shape index (κ2) is 5.83. The fourth-order valence-corrected chi connectivity index (χ4v) is 2.95. The van der Waals surface area contributed by atoms with Gasteiger partial charge in [0.1, 0.15) is 5.82 Å². The highest BCUT2D eigenvalue weighted by atomic mass is 35.5. The molecule has 18 heavy (non-hydrogen) atoms. The minimum absolute atomic E-state index is 0.332. The summed E-state index contributed by atoms with van der Waals surface area (Å²) in [6.45, 7) is 0. The Morgan fingerprint density at radius 2 is 1.89 bits per heavy atom. The quantitative estimate of drug-likeness (QED) is 0.637. The minimum atomic E-state index is -0.332. The van der Waals surface area contributed by atoms with Crippen LogP contribution in [-0.2, 0) is 5.75 Å². The zero-order valence-corrected chi connectivity index (χ0v) is 11.6. The Hall–Kier alpha value is -0.900. The van der Waals surface area contributed by atoms with E-state index < -0.39 is 0 Å². The van der Waals surface area contributed by atoms with Gasteiger partial charge < -0.3 is 5.73 Å². The van der Waals surface area contributed by atoms with Crippen LogP contribution in [0.4, 0.5) is 10.1 Å². The Labute approximate surface area is 119 Å². The van der Waals surface area contributed by atoms with Crippen LogP contribution in [-0.4, -0.2) is 0 Å². The molecule has 0 aromatic heterocycles. The van der Waals surface area contributed by atoms with E-state index in [2.05, 4.69) is 0 Å². The Morgan fingerprint density at radius 3 is 2.56 bits per heavy atom. The van der Waals surface area contributed by atoms with Gasteiger partial charge in [-0.05, 0) is 35.9 Å². The van der Waals surface area contributed by atoms with Gasteiger partial charge in [-0.25, -0.2) is 4.39 Å². The highest BCUT2D eigenvalue weighted by molar-refractivity contribution is 7.98. The van der Waals surface area contributed by atoms with Crippen LogP contribution in [0.25, 0.3) is 0 Å². The monoisotopic (exact) mass is 301 g/mol. The molecule has 0 saturated heterocycles. The van der Waals surface area contributed by atoms with Gasteiger partial charge in [-0.2, -0.15) is 0 Å². The minimum Gasteiger partial charge on any atom is -0.398 e. The lowest BCUT2D eigenvalue weighted by atomic mass is 10.2. The highest BCUT2D eigenvalue weighted by Crippen LogP contribution is 2.31. The number of halogens is 3. The number of rotatable bonds is 3. The molecular weight excluding hydrogens is 292 g/mol. The molecule has 2 N–H and O–H groups in total. The Kier molecular flexibility index (Phi) is 4.38. The maximum Gasteiger partial charge on any atom is 0.125 e. The molecule has 2 rings (SSSR count). The number of nitrogen functional groups attached to an aromatic ring is 1. The fraction of sp³-hybridized carbons (Fsp3) is 0.0769. The van der Waals surface area contributed by atoms with Crippen LogP contribution < -0.4 is 5.73 Å². The van der Waals surface area contributed by atoms with Gasteiger partial charge in [-0.3, -0.25) is 0 Å². The van der Waals surface area contributed by atoms with E-state index in [1.165, 1.54) is 23.9 Å². The summed E-state index contributed by atoms with van der Waals surface area (Å²) in [5.74, 6) is 0.327. The average Bonchev–Trinajstić information content (AvgIpc) is 2.30. The van der Waals surface area contributed by atoms with Crippen molar-refractivity contribution >= 4 is 40.7 Å². The smallest absolute Gasteiger partial charge is 0.125 e. The van der Waals surface area contributed by atoms with E-state index in [4.69, 9.17) is 28.9 Å². The zero-order chi connectivity index (χ0) is 13.1. The maximum absolute atomic E-state index is 12.9. The lowest BCUT2D eigenvalue weighted by molar-refractivity contribution is 0.627. The first-order valence-corrected chi connectivity index (χ1v) is 6.92. The number of nitrogens with two attached hydrogens (primary N) is 1. The summed E-state index contributed by atoms with van der Waals surface area (Å²) in [6, 6.07) is 9.73. The first kappa shape index (κ1) is 13.5. The van der Waals surface area contributed by atoms with Crippen LogP contribution in [0.5, 0.6) is 0 Å². The normalized spacial score (nSPS) is 10.6. The maximum atomic E-state index is 12.9. The summed E-state index contributed by atoms with van der Waals surface area (Å²) in [6.07, 6.45) is 0. The van der Waals surface area contributed by atoms with Crippen LogP contribution in [0.3, 0.4) is 0 Å². The Balaban J connectivity index is 2.11. The zero-order valence-electron chi connectivity index (χ0n) is 9.29. The van der Waals surface area contributed by atoms with Crippen molar-refractivity contribution in [2.24, 2.45) is 0 Å². The third-order valence-electron chi connectivity index (χ3n) is 2.37. The van der Waals surface area contributed by atoms with E-state index in [-0.39, 0.29) is 5.82 Å².